The summed E-state index contributed by atoms with van der Waals surface area (Å²) in [5.41, 5.74) is 2.08. The molecule has 0 atom stereocenters. The number of nitrogens with one attached hydrogen (secondary N) is 1. The second-order valence-corrected chi connectivity index (χ2v) is 10.7. The first kappa shape index (κ1) is 27.2. The number of benzene rings is 2. The smallest absolute Gasteiger partial charge is 0.295 e. The van der Waals surface area contributed by atoms with Crippen molar-refractivity contribution in [2.45, 2.75) is 27.2 Å². The number of hydrogen-bond donors (Lipinski definition) is 1. The number of aromatic nitrogens is 1. The summed E-state index contributed by atoms with van der Waals surface area (Å²) >= 11 is 0. The largest absolute Gasteiger partial charge is 0.496 e. The Morgan fingerprint density at radius 1 is 1.00 bits per heavy atom. The first-order chi connectivity index (χ1) is 18.1. The molecule has 3 aromatic rings. The summed E-state index contributed by atoms with van der Waals surface area (Å²) in [5, 5.41) is 0.503. The second-order valence-electron chi connectivity index (χ2n) is 10.7. The van der Waals surface area contributed by atoms with Crippen molar-refractivity contribution >= 4 is 47.5 Å². The van der Waals surface area contributed by atoms with Gasteiger partial charge in [-0.25, -0.2) is 0 Å². The van der Waals surface area contributed by atoms with Crippen molar-refractivity contribution < 1.29 is 19.1 Å². The molecule has 2 radical (unpaired) electrons. The fourth-order valence-electron chi connectivity index (χ4n) is 4.74. The highest BCUT2D eigenvalue weighted by Crippen LogP contribution is 2.28. The number of aliphatic imine (C=N–C) groups is 1. The van der Waals surface area contributed by atoms with E-state index in [1.807, 2.05) is 51.1 Å². The van der Waals surface area contributed by atoms with E-state index in [0.717, 1.165) is 11.4 Å². The van der Waals surface area contributed by atoms with Gasteiger partial charge < -0.3 is 19.5 Å². The van der Waals surface area contributed by atoms with Crippen molar-refractivity contribution in [2.75, 3.05) is 39.8 Å². The summed E-state index contributed by atoms with van der Waals surface area (Å²) in [6.07, 6.45) is 1.96. The van der Waals surface area contributed by atoms with Gasteiger partial charge >= 0.3 is 0 Å². The Hall–Kier alpha value is -3.88. The van der Waals surface area contributed by atoms with Gasteiger partial charge in [0.05, 0.1) is 24.6 Å². The number of piperazine rings is 1. The lowest BCUT2D eigenvalue weighted by atomic mass is 9.90. The maximum absolute atomic E-state index is 13.2. The number of Topliss-reactive ketones (excluding diaryl/α,β-unsaturated/α-hetero) is 2. The first-order valence-electron chi connectivity index (χ1n) is 12.7. The molecule has 1 saturated heterocycles. The number of ketones is 2. The summed E-state index contributed by atoms with van der Waals surface area (Å²) in [6, 6.07) is 13.1. The maximum atomic E-state index is 13.2. The van der Waals surface area contributed by atoms with E-state index in [1.54, 1.807) is 17.0 Å². The van der Waals surface area contributed by atoms with Crippen LogP contribution in [0.4, 0.5) is 0 Å². The zero-order valence-corrected chi connectivity index (χ0v) is 22.4. The number of methoxy groups -OCH3 is 1. The quantitative estimate of drug-likeness (QED) is 0.173. The molecule has 2 aromatic carbocycles. The van der Waals surface area contributed by atoms with Crippen LogP contribution in [0.5, 0.6) is 5.75 Å². The van der Waals surface area contributed by atoms with E-state index in [-0.39, 0.29) is 23.3 Å². The second kappa shape index (κ2) is 11.2. The van der Waals surface area contributed by atoms with Crippen LogP contribution < -0.4 is 10.2 Å². The van der Waals surface area contributed by atoms with Crippen LogP contribution in [0, 0.1) is 5.41 Å². The van der Waals surface area contributed by atoms with E-state index < -0.39 is 11.7 Å². The highest BCUT2D eigenvalue weighted by molar-refractivity contribution is 6.46. The molecule has 0 saturated carbocycles. The average Bonchev–Trinajstić information content (AvgIpc) is 3.34. The van der Waals surface area contributed by atoms with E-state index in [4.69, 9.17) is 17.6 Å². The van der Waals surface area contributed by atoms with E-state index in [2.05, 4.69) is 9.88 Å². The molecule has 2 heterocycles. The van der Waals surface area contributed by atoms with Crippen LogP contribution in [0.3, 0.4) is 0 Å². The molecule has 38 heavy (non-hydrogen) atoms. The fourth-order valence-corrected chi connectivity index (χ4v) is 4.74. The first-order valence-corrected chi connectivity index (χ1v) is 12.7. The van der Waals surface area contributed by atoms with Crippen molar-refractivity contribution in [3.8, 4) is 5.75 Å². The van der Waals surface area contributed by atoms with E-state index >= 15 is 0 Å². The SMILES string of the molecule is [B]c1ccc(OC)c2c(C(=O)C(=O)N3CCN(C(=NCC(=O)CC(C)(C)C)c4ccccc4)CC3)c[nH]c12. The minimum Gasteiger partial charge on any atom is -0.496 e. The van der Waals surface area contributed by atoms with Gasteiger partial charge in [-0.1, -0.05) is 62.6 Å². The number of ether oxygens (including phenoxy) is 1. The van der Waals surface area contributed by atoms with Crippen molar-refractivity contribution in [1.29, 1.82) is 0 Å². The number of H-pyrrole nitrogens is 1. The van der Waals surface area contributed by atoms with Crippen LogP contribution in [0.15, 0.2) is 53.7 Å². The lowest BCUT2D eigenvalue weighted by molar-refractivity contribution is -0.127. The third-order valence-electron chi connectivity index (χ3n) is 6.52. The number of nitrogens with zero attached hydrogens (tertiary/aromatic N) is 3. The Labute approximate surface area is 224 Å². The molecule has 1 aliphatic rings. The molecule has 4 rings (SSSR count). The Morgan fingerprint density at radius 2 is 1.66 bits per heavy atom. The van der Waals surface area contributed by atoms with E-state index in [1.165, 1.54) is 13.3 Å². The zero-order chi connectivity index (χ0) is 27.4. The van der Waals surface area contributed by atoms with Gasteiger partial charge in [0, 0.05) is 49.9 Å². The van der Waals surface area contributed by atoms with Crippen LogP contribution in [0.1, 0.15) is 43.1 Å². The summed E-state index contributed by atoms with van der Waals surface area (Å²) < 4.78 is 5.41. The molecule has 0 bridgehead atoms. The van der Waals surface area contributed by atoms with Crippen molar-refractivity contribution in [1.82, 2.24) is 14.8 Å². The van der Waals surface area contributed by atoms with Gasteiger partial charge in [0.2, 0.25) is 0 Å². The normalized spacial score (nSPS) is 14.6. The highest BCUT2D eigenvalue weighted by atomic mass is 16.5. The number of carbonyl (C=O) groups is 3. The molecule has 196 valence electrons. The van der Waals surface area contributed by atoms with Crippen LogP contribution in [0.2, 0.25) is 0 Å². The lowest BCUT2D eigenvalue weighted by Gasteiger charge is -2.36. The monoisotopic (exact) mass is 512 g/mol. The van der Waals surface area contributed by atoms with E-state index in [9.17, 15) is 14.4 Å². The Morgan fingerprint density at radius 3 is 2.29 bits per heavy atom. The maximum Gasteiger partial charge on any atom is 0.295 e. The minimum absolute atomic E-state index is 0.0835. The average molecular weight is 512 g/mol. The highest BCUT2D eigenvalue weighted by Gasteiger charge is 2.30. The minimum atomic E-state index is -0.613. The molecule has 1 fully saturated rings. The number of carbonyl (C=O) groups excluding carboxylic acids is 3. The summed E-state index contributed by atoms with van der Waals surface area (Å²) in [7, 11) is 7.56. The van der Waals surface area contributed by atoms with Gasteiger partial charge in [-0.05, 0) is 11.5 Å². The fraction of sp³-hybridized carbons (Fsp3) is 0.379. The number of rotatable bonds is 7. The molecule has 0 spiro atoms. The van der Waals surface area contributed by atoms with Gasteiger partial charge in [-0.15, -0.1) is 0 Å². The molecular formula is C29H33BN4O4. The predicted octanol–water partition coefficient (Wildman–Crippen LogP) is 2.75. The molecule has 1 aliphatic heterocycles. The van der Waals surface area contributed by atoms with Gasteiger partial charge in [0.25, 0.3) is 11.7 Å². The number of amidine groups is 1. The lowest BCUT2D eigenvalue weighted by Crippen LogP contribution is -2.52. The number of amides is 1. The van der Waals surface area contributed by atoms with Gasteiger partial charge in [-0.2, -0.15) is 0 Å². The van der Waals surface area contributed by atoms with Crippen molar-refractivity contribution in [2.24, 2.45) is 10.4 Å². The van der Waals surface area contributed by atoms with Gasteiger partial charge in [-0.3, -0.25) is 19.4 Å². The van der Waals surface area contributed by atoms with Crippen LogP contribution in [-0.4, -0.2) is 85.8 Å². The molecule has 1 amide bonds. The molecule has 1 aromatic heterocycles. The Kier molecular flexibility index (Phi) is 8.04. The molecular weight excluding hydrogens is 479 g/mol. The van der Waals surface area contributed by atoms with Crippen molar-refractivity contribution in [3.05, 3.63) is 59.8 Å². The standard InChI is InChI=1S/C29H33BN4O4/c1-29(2,3)16-20(35)17-32-27(19-8-6-5-7-9-19)33-12-14-34(15-13-33)28(37)26(36)21-18-31-25-22(30)10-11-23(38-4)24(21)25/h5-11,18,31H,12-17H2,1-4H3. The third kappa shape index (κ3) is 5.98. The molecule has 9 heteroatoms. The number of aromatic amines is 1. The van der Waals surface area contributed by atoms with Crippen molar-refractivity contribution in [3.63, 3.8) is 0 Å². The number of fused-ring (bicyclic) bond motifs is 1. The number of hydrogen-bond acceptors (Lipinski definition) is 5. The Balaban J connectivity index is 1.49. The van der Waals surface area contributed by atoms with Crippen LogP contribution in [-0.2, 0) is 9.59 Å². The zero-order valence-electron chi connectivity index (χ0n) is 22.4. The molecule has 1 N–H and O–H groups in total. The summed E-state index contributed by atoms with van der Waals surface area (Å²) in [5.74, 6) is 0.0938. The topological polar surface area (TPSA) is 95.1 Å². The Bertz CT molecular complexity index is 1370. The van der Waals surface area contributed by atoms with Crippen LogP contribution in [0.25, 0.3) is 10.9 Å². The van der Waals surface area contributed by atoms with Gasteiger partial charge in [0.1, 0.15) is 19.4 Å². The summed E-state index contributed by atoms with van der Waals surface area (Å²) in [4.78, 5) is 50.3. The molecule has 0 unspecified atom stereocenters. The van der Waals surface area contributed by atoms with Crippen LogP contribution >= 0.6 is 0 Å². The summed E-state index contributed by atoms with van der Waals surface area (Å²) in [6.45, 7) is 7.89. The predicted molar refractivity (Wildman–Crippen MR) is 150 cm³/mol. The molecule has 8 nitrogen and oxygen atoms in total. The molecule has 0 aliphatic carbocycles. The van der Waals surface area contributed by atoms with E-state index in [0.29, 0.717) is 54.7 Å². The third-order valence-corrected chi connectivity index (χ3v) is 6.52. The van der Waals surface area contributed by atoms with Gasteiger partial charge in [0.15, 0.2) is 5.78 Å².